The van der Waals surface area contributed by atoms with E-state index < -0.39 is 11.9 Å². The van der Waals surface area contributed by atoms with Gasteiger partial charge in [-0.15, -0.1) is 0 Å². The molecule has 0 spiro atoms. The van der Waals surface area contributed by atoms with Crippen molar-refractivity contribution < 1.29 is 14.3 Å². The van der Waals surface area contributed by atoms with Gasteiger partial charge in [0.15, 0.2) is 0 Å². The average molecular weight is 406 g/mol. The van der Waals surface area contributed by atoms with E-state index in [0.717, 1.165) is 12.0 Å². The summed E-state index contributed by atoms with van der Waals surface area (Å²) in [6, 6.07) is 12.6. The van der Waals surface area contributed by atoms with Crippen LogP contribution in [0.5, 0.6) is 5.75 Å². The van der Waals surface area contributed by atoms with Crippen molar-refractivity contribution in [1.29, 1.82) is 0 Å². The highest BCUT2D eigenvalue weighted by Crippen LogP contribution is 2.36. The second-order valence-electron chi connectivity index (χ2n) is 6.75. The van der Waals surface area contributed by atoms with Crippen LogP contribution in [0.1, 0.15) is 38.2 Å². The fourth-order valence-corrected chi connectivity index (χ4v) is 3.59. The summed E-state index contributed by atoms with van der Waals surface area (Å²) in [7, 11) is 0. The lowest BCUT2D eigenvalue weighted by Crippen LogP contribution is -2.27. The van der Waals surface area contributed by atoms with E-state index in [1.807, 2.05) is 18.2 Å². The lowest BCUT2D eigenvalue weighted by molar-refractivity contribution is -0.139. The molecule has 0 radical (unpaired) electrons. The van der Waals surface area contributed by atoms with Crippen LogP contribution in [0, 0.1) is 5.92 Å². The highest BCUT2D eigenvalue weighted by molar-refractivity contribution is 6.44. The predicted octanol–water partition coefficient (Wildman–Crippen LogP) is 5.47. The fourth-order valence-electron chi connectivity index (χ4n) is 3.19. The van der Waals surface area contributed by atoms with Crippen LogP contribution in [-0.4, -0.2) is 18.4 Å². The van der Waals surface area contributed by atoms with Gasteiger partial charge < -0.3 is 9.64 Å². The Kier molecular flexibility index (Phi) is 6.08. The zero-order chi connectivity index (χ0) is 19.6. The maximum absolute atomic E-state index is 12.7. The molecular formula is C21H21Cl2NO3. The van der Waals surface area contributed by atoms with Crippen LogP contribution in [0.15, 0.2) is 42.5 Å². The minimum absolute atomic E-state index is 0.0905. The molecule has 27 heavy (non-hydrogen) atoms. The van der Waals surface area contributed by atoms with E-state index in [0.29, 0.717) is 21.5 Å². The van der Waals surface area contributed by atoms with Gasteiger partial charge in [0.2, 0.25) is 5.91 Å². The van der Waals surface area contributed by atoms with E-state index in [2.05, 4.69) is 13.8 Å². The first-order chi connectivity index (χ1) is 12.9. The highest BCUT2D eigenvalue weighted by Gasteiger charge is 2.37. The lowest BCUT2D eigenvalue weighted by Gasteiger charge is -2.19. The molecule has 1 heterocycles. The molecular weight excluding hydrogens is 385 g/mol. The first-order valence-corrected chi connectivity index (χ1v) is 9.73. The summed E-state index contributed by atoms with van der Waals surface area (Å²) in [6.45, 7) is 4.41. The van der Waals surface area contributed by atoms with Crippen molar-refractivity contribution >= 4 is 40.8 Å². The SMILES string of the molecule is CC[C@@H](C)c1ccccc1OC(=O)[C@H]1CC(=O)N(c2cccc(Cl)c2Cl)C1. The molecule has 2 aromatic rings. The Morgan fingerprint density at radius 2 is 1.96 bits per heavy atom. The Morgan fingerprint density at radius 3 is 2.70 bits per heavy atom. The lowest BCUT2D eigenvalue weighted by atomic mass is 9.98. The van der Waals surface area contributed by atoms with Crippen molar-refractivity contribution in [3.05, 3.63) is 58.1 Å². The number of esters is 1. The first kappa shape index (κ1) is 19.7. The second kappa shape index (κ2) is 8.32. The first-order valence-electron chi connectivity index (χ1n) is 8.97. The van der Waals surface area contributed by atoms with E-state index in [1.165, 1.54) is 4.90 Å². The van der Waals surface area contributed by atoms with Gasteiger partial charge in [-0.3, -0.25) is 9.59 Å². The minimum atomic E-state index is -0.544. The van der Waals surface area contributed by atoms with Crippen LogP contribution in [0.25, 0.3) is 0 Å². The van der Waals surface area contributed by atoms with Gasteiger partial charge in [-0.2, -0.15) is 0 Å². The van der Waals surface area contributed by atoms with E-state index in [9.17, 15) is 9.59 Å². The van der Waals surface area contributed by atoms with Crippen molar-refractivity contribution in [3.63, 3.8) is 0 Å². The van der Waals surface area contributed by atoms with Crippen molar-refractivity contribution in [1.82, 2.24) is 0 Å². The molecule has 3 rings (SSSR count). The van der Waals surface area contributed by atoms with Crippen LogP contribution in [-0.2, 0) is 9.59 Å². The number of ether oxygens (including phenoxy) is 1. The summed E-state index contributed by atoms with van der Waals surface area (Å²) < 4.78 is 5.66. The zero-order valence-electron chi connectivity index (χ0n) is 15.2. The number of amides is 1. The molecule has 1 saturated heterocycles. The number of nitrogens with zero attached hydrogens (tertiary/aromatic N) is 1. The molecule has 0 aliphatic carbocycles. The standard InChI is InChI=1S/C21H21Cl2NO3/c1-3-13(2)15-7-4-5-10-18(15)27-21(26)14-11-19(25)24(12-14)17-9-6-8-16(22)20(17)23/h4-10,13-14H,3,11-12H2,1-2H3/t13-,14+/m1/s1. The number of rotatable bonds is 5. The summed E-state index contributed by atoms with van der Waals surface area (Å²) in [4.78, 5) is 26.6. The van der Waals surface area contributed by atoms with Gasteiger partial charge >= 0.3 is 5.97 Å². The Hall–Kier alpha value is -2.04. The summed E-state index contributed by atoms with van der Waals surface area (Å²) in [5, 5.41) is 0.680. The van der Waals surface area contributed by atoms with Crippen LogP contribution < -0.4 is 9.64 Å². The fraction of sp³-hybridized carbons (Fsp3) is 0.333. The third kappa shape index (κ3) is 4.12. The average Bonchev–Trinajstić information content (AvgIpc) is 3.05. The number of carbonyl (C=O) groups is 2. The van der Waals surface area contributed by atoms with Gasteiger partial charge in [-0.25, -0.2) is 0 Å². The van der Waals surface area contributed by atoms with Gasteiger partial charge in [-0.1, -0.05) is 61.3 Å². The Morgan fingerprint density at radius 1 is 1.22 bits per heavy atom. The predicted molar refractivity (Wildman–Crippen MR) is 108 cm³/mol. The molecule has 1 aliphatic rings. The smallest absolute Gasteiger partial charge is 0.316 e. The highest BCUT2D eigenvalue weighted by atomic mass is 35.5. The maximum Gasteiger partial charge on any atom is 0.316 e. The number of halogens is 2. The summed E-state index contributed by atoms with van der Waals surface area (Å²) >= 11 is 12.3. The largest absolute Gasteiger partial charge is 0.426 e. The number of hydrogen-bond donors (Lipinski definition) is 0. The van der Waals surface area contributed by atoms with Crippen molar-refractivity contribution in [2.24, 2.45) is 5.92 Å². The molecule has 2 aromatic carbocycles. The third-order valence-corrected chi connectivity index (χ3v) is 5.76. The zero-order valence-corrected chi connectivity index (χ0v) is 16.8. The summed E-state index contributed by atoms with van der Waals surface area (Å²) in [5.41, 5.74) is 1.51. The molecule has 0 bridgehead atoms. The number of hydrogen-bond acceptors (Lipinski definition) is 3. The van der Waals surface area contributed by atoms with E-state index in [4.69, 9.17) is 27.9 Å². The Bertz CT molecular complexity index is 868. The Labute approximate surface area is 169 Å². The monoisotopic (exact) mass is 405 g/mol. The summed E-state index contributed by atoms with van der Waals surface area (Å²) in [5.74, 6) is -0.280. The van der Waals surface area contributed by atoms with Crippen molar-refractivity contribution in [2.75, 3.05) is 11.4 Å². The topological polar surface area (TPSA) is 46.6 Å². The molecule has 0 N–H and O–H groups in total. The minimum Gasteiger partial charge on any atom is -0.426 e. The molecule has 0 saturated carbocycles. The van der Waals surface area contributed by atoms with Crippen LogP contribution in [0.3, 0.4) is 0 Å². The van der Waals surface area contributed by atoms with Gasteiger partial charge in [-0.05, 0) is 36.1 Å². The van der Waals surface area contributed by atoms with Crippen molar-refractivity contribution in [3.8, 4) is 5.75 Å². The van der Waals surface area contributed by atoms with Crippen molar-refractivity contribution in [2.45, 2.75) is 32.6 Å². The maximum atomic E-state index is 12.7. The third-order valence-electron chi connectivity index (χ3n) is 4.95. The number of benzene rings is 2. The quantitative estimate of drug-likeness (QED) is 0.489. The van der Waals surface area contributed by atoms with Gasteiger partial charge in [0, 0.05) is 13.0 Å². The number of para-hydroxylation sites is 1. The molecule has 6 heteroatoms. The Balaban J connectivity index is 1.76. The molecule has 2 atom stereocenters. The molecule has 0 unspecified atom stereocenters. The molecule has 142 valence electrons. The van der Waals surface area contributed by atoms with E-state index >= 15 is 0 Å². The molecule has 4 nitrogen and oxygen atoms in total. The molecule has 1 amide bonds. The van der Waals surface area contributed by atoms with Gasteiger partial charge in [0.05, 0.1) is 21.7 Å². The molecule has 1 fully saturated rings. The van der Waals surface area contributed by atoms with Gasteiger partial charge in [0.1, 0.15) is 5.75 Å². The van der Waals surface area contributed by atoms with E-state index in [1.54, 1.807) is 24.3 Å². The number of anilines is 1. The second-order valence-corrected chi connectivity index (χ2v) is 7.53. The molecule has 0 aromatic heterocycles. The number of carbonyl (C=O) groups excluding carboxylic acids is 2. The summed E-state index contributed by atoms with van der Waals surface area (Å²) in [6.07, 6.45) is 1.03. The van der Waals surface area contributed by atoms with Crippen LogP contribution in [0.2, 0.25) is 10.0 Å². The van der Waals surface area contributed by atoms with Gasteiger partial charge in [0.25, 0.3) is 0 Å². The van der Waals surface area contributed by atoms with E-state index in [-0.39, 0.29) is 24.8 Å². The van der Waals surface area contributed by atoms with Crippen LogP contribution >= 0.6 is 23.2 Å². The normalized spacial score (nSPS) is 17.9. The molecule has 1 aliphatic heterocycles. The van der Waals surface area contributed by atoms with Crippen LogP contribution in [0.4, 0.5) is 5.69 Å².